The number of carbonyl (C=O) groups excluding carboxylic acids is 1. The van der Waals surface area contributed by atoms with Gasteiger partial charge in [-0.25, -0.2) is 0 Å². The molecule has 1 saturated heterocycles. The van der Waals surface area contributed by atoms with E-state index < -0.39 is 6.23 Å². The molecule has 1 atom stereocenters. The van der Waals surface area contributed by atoms with Gasteiger partial charge in [0.2, 0.25) is 0 Å². The van der Waals surface area contributed by atoms with Gasteiger partial charge in [-0.3, -0.25) is 10.1 Å². The van der Waals surface area contributed by atoms with E-state index in [-0.39, 0.29) is 12.5 Å². The monoisotopic (exact) mass is 235 g/mol. The number of amides is 1. The second-order valence-electron chi connectivity index (χ2n) is 4.11. The fourth-order valence-corrected chi connectivity index (χ4v) is 1.62. The molecule has 92 valence electrons. The molecule has 1 fully saturated rings. The van der Waals surface area contributed by atoms with Gasteiger partial charge in [0.1, 0.15) is 6.23 Å². The molecule has 1 aliphatic heterocycles. The molecule has 1 aliphatic rings. The molecule has 1 aromatic rings. The number of aliphatic hydroxyl groups excluding tert-OH is 1. The van der Waals surface area contributed by atoms with Gasteiger partial charge < -0.3 is 15.7 Å². The topological polar surface area (TPSA) is 73.4 Å². The molecule has 4 N–H and O–H groups in total. The van der Waals surface area contributed by atoms with Crippen molar-refractivity contribution in [3.05, 3.63) is 35.9 Å². The summed E-state index contributed by atoms with van der Waals surface area (Å²) in [5.74, 6) is -0.168. The number of hydrogen-bond donors (Lipinski definition) is 4. The Morgan fingerprint density at radius 1 is 1.41 bits per heavy atom. The molecule has 0 bridgehead atoms. The van der Waals surface area contributed by atoms with Crippen molar-refractivity contribution in [2.24, 2.45) is 0 Å². The molecule has 0 spiro atoms. The summed E-state index contributed by atoms with van der Waals surface area (Å²) < 4.78 is 0. The molecule has 1 amide bonds. The van der Waals surface area contributed by atoms with E-state index in [9.17, 15) is 9.90 Å². The van der Waals surface area contributed by atoms with Crippen LogP contribution in [0.2, 0.25) is 0 Å². The molecule has 0 aliphatic carbocycles. The highest BCUT2D eigenvalue weighted by molar-refractivity contribution is 5.94. The van der Waals surface area contributed by atoms with E-state index in [0.29, 0.717) is 11.6 Å². The molecule has 1 unspecified atom stereocenters. The summed E-state index contributed by atoms with van der Waals surface area (Å²) in [4.78, 5) is 11.7. The average Bonchev–Trinajstić information content (AvgIpc) is 2.32. The lowest BCUT2D eigenvalue weighted by molar-refractivity contribution is 0.0841. The van der Waals surface area contributed by atoms with Gasteiger partial charge in [0.05, 0.1) is 6.54 Å². The molecule has 5 nitrogen and oxygen atoms in total. The van der Waals surface area contributed by atoms with Crippen molar-refractivity contribution in [1.82, 2.24) is 16.0 Å². The molecular formula is C12H17N3O2. The maximum absolute atomic E-state index is 11.7. The van der Waals surface area contributed by atoms with Crippen molar-refractivity contribution in [3.63, 3.8) is 0 Å². The lowest BCUT2D eigenvalue weighted by atomic mass is 10.2. The summed E-state index contributed by atoms with van der Waals surface area (Å²) in [6, 6.07) is 9.26. The van der Waals surface area contributed by atoms with Crippen molar-refractivity contribution in [2.75, 3.05) is 19.6 Å². The van der Waals surface area contributed by atoms with Gasteiger partial charge in [0.25, 0.3) is 5.91 Å². The summed E-state index contributed by atoms with van der Waals surface area (Å²) in [5, 5.41) is 18.4. The van der Waals surface area contributed by atoms with Crippen molar-refractivity contribution >= 4 is 5.91 Å². The fraction of sp³-hybridized carbons (Fsp3) is 0.417. The molecule has 1 aromatic carbocycles. The standard InChI is InChI=1S/C12H17N3O2/c16-11(15-10-6-13-7-10)8-14-12(17)9-4-2-1-3-5-9/h1-5,10-11,13,15-16H,6-8H2,(H,14,17). The van der Waals surface area contributed by atoms with Crippen LogP contribution in [0.15, 0.2) is 30.3 Å². The van der Waals surface area contributed by atoms with Crippen LogP contribution in [-0.2, 0) is 0 Å². The highest BCUT2D eigenvalue weighted by Crippen LogP contribution is 1.98. The van der Waals surface area contributed by atoms with Crippen LogP contribution in [0.3, 0.4) is 0 Å². The SMILES string of the molecule is O=C(NCC(O)NC1CNC1)c1ccccc1. The predicted octanol–water partition coefficient (Wildman–Crippen LogP) is -0.704. The molecular weight excluding hydrogens is 218 g/mol. The van der Waals surface area contributed by atoms with Gasteiger partial charge >= 0.3 is 0 Å². The Bertz CT molecular complexity index is 365. The third-order valence-electron chi connectivity index (χ3n) is 2.70. The first-order chi connectivity index (χ1) is 8.25. The third kappa shape index (κ3) is 3.52. The summed E-state index contributed by atoms with van der Waals surface area (Å²) in [6.45, 7) is 1.94. The first kappa shape index (κ1) is 12.0. The molecule has 0 radical (unpaired) electrons. The van der Waals surface area contributed by atoms with Crippen LogP contribution >= 0.6 is 0 Å². The number of aliphatic hydroxyl groups is 1. The normalized spacial score (nSPS) is 17.2. The predicted molar refractivity (Wildman–Crippen MR) is 64.6 cm³/mol. The number of rotatable bonds is 5. The van der Waals surface area contributed by atoms with Crippen LogP contribution in [-0.4, -0.2) is 42.9 Å². The zero-order valence-electron chi connectivity index (χ0n) is 9.52. The van der Waals surface area contributed by atoms with Gasteiger partial charge in [0, 0.05) is 24.7 Å². The molecule has 1 heterocycles. The largest absolute Gasteiger partial charge is 0.377 e. The molecule has 2 rings (SSSR count). The fourth-order valence-electron chi connectivity index (χ4n) is 1.62. The van der Waals surface area contributed by atoms with E-state index in [0.717, 1.165) is 13.1 Å². The van der Waals surface area contributed by atoms with Gasteiger partial charge in [-0.2, -0.15) is 0 Å². The lowest BCUT2D eigenvalue weighted by Gasteiger charge is -2.30. The van der Waals surface area contributed by atoms with Gasteiger partial charge in [0.15, 0.2) is 0 Å². The van der Waals surface area contributed by atoms with Crippen molar-refractivity contribution < 1.29 is 9.90 Å². The molecule has 5 heteroatoms. The van der Waals surface area contributed by atoms with E-state index in [2.05, 4.69) is 16.0 Å². The molecule has 0 saturated carbocycles. The van der Waals surface area contributed by atoms with Crippen LogP contribution in [0.1, 0.15) is 10.4 Å². The van der Waals surface area contributed by atoms with Crippen LogP contribution in [0.4, 0.5) is 0 Å². The smallest absolute Gasteiger partial charge is 0.251 e. The third-order valence-corrected chi connectivity index (χ3v) is 2.70. The lowest BCUT2D eigenvalue weighted by Crippen LogP contribution is -2.59. The zero-order chi connectivity index (χ0) is 12.1. The van der Waals surface area contributed by atoms with E-state index in [4.69, 9.17) is 0 Å². The number of carbonyl (C=O) groups is 1. The van der Waals surface area contributed by atoms with Crippen LogP contribution < -0.4 is 16.0 Å². The average molecular weight is 235 g/mol. The first-order valence-electron chi connectivity index (χ1n) is 5.74. The Morgan fingerprint density at radius 2 is 2.12 bits per heavy atom. The van der Waals surface area contributed by atoms with Gasteiger partial charge in [-0.1, -0.05) is 18.2 Å². The Labute approximate surface area is 100 Å². The minimum absolute atomic E-state index is 0.168. The minimum atomic E-state index is -0.699. The quantitative estimate of drug-likeness (QED) is 0.509. The summed E-state index contributed by atoms with van der Waals surface area (Å²) in [5.41, 5.74) is 0.602. The highest BCUT2D eigenvalue weighted by atomic mass is 16.3. The van der Waals surface area contributed by atoms with Crippen LogP contribution in [0.5, 0.6) is 0 Å². The van der Waals surface area contributed by atoms with Crippen molar-refractivity contribution in [3.8, 4) is 0 Å². The second-order valence-corrected chi connectivity index (χ2v) is 4.11. The van der Waals surface area contributed by atoms with Gasteiger partial charge in [-0.15, -0.1) is 0 Å². The Morgan fingerprint density at radius 3 is 2.71 bits per heavy atom. The van der Waals surface area contributed by atoms with Gasteiger partial charge in [-0.05, 0) is 12.1 Å². The van der Waals surface area contributed by atoms with E-state index in [1.807, 2.05) is 18.2 Å². The highest BCUT2D eigenvalue weighted by Gasteiger charge is 2.19. The minimum Gasteiger partial charge on any atom is -0.377 e. The Hall–Kier alpha value is -1.43. The van der Waals surface area contributed by atoms with Crippen molar-refractivity contribution in [1.29, 1.82) is 0 Å². The first-order valence-corrected chi connectivity index (χ1v) is 5.74. The van der Waals surface area contributed by atoms with E-state index >= 15 is 0 Å². The number of benzene rings is 1. The van der Waals surface area contributed by atoms with Crippen LogP contribution in [0.25, 0.3) is 0 Å². The zero-order valence-corrected chi connectivity index (χ0v) is 9.52. The summed E-state index contributed by atoms with van der Waals surface area (Å²) in [7, 11) is 0. The maximum Gasteiger partial charge on any atom is 0.251 e. The summed E-state index contributed by atoms with van der Waals surface area (Å²) >= 11 is 0. The Balaban J connectivity index is 1.72. The van der Waals surface area contributed by atoms with E-state index in [1.54, 1.807) is 12.1 Å². The van der Waals surface area contributed by atoms with Crippen LogP contribution in [0, 0.1) is 0 Å². The number of hydrogen-bond acceptors (Lipinski definition) is 4. The van der Waals surface area contributed by atoms with E-state index in [1.165, 1.54) is 0 Å². The Kier molecular flexibility index (Phi) is 4.08. The summed E-state index contributed by atoms with van der Waals surface area (Å²) in [6.07, 6.45) is -0.699. The molecule has 17 heavy (non-hydrogen) atoms. The van der Waals surface area contributed by atoms with Crippen molar-refractivity contribution in [2.45, 2.75) is 12.3 Å². The maximum atomic E-state index is 11.7. The second kappa shape index (κ2) is 5.77. The molecule has 0 aromatic heterocycles. The number of nitrogens with one attached hydrogen (secondary N) is 3.